The number of unbranched alkanes of at least 4 members (excludes halogenated alkanes) is 24. The Morgan fingerprint density at radius 2 is 1.15 bits per heavy atom. The van der Waals surface area contributed by atoms with Crippen LogP contribution in [0.15, 0.2) is 36.4 Å². The third-order valence-corrected chi connectivity index (χ3v) is 19.4. The normalized spacial score (nSPS) is 14.6. The number of carbonyl (C=O) groups is 11. The van der Waals surface area contributed by atoms with Crippen LogP contribution in [-0.4, -0.2) is 201 Å². The molecule has 0 aromatic heterocycles. The highest BCUT2D eigenvalue weighted by Gasteiger charge is 2.39. The summed E-state index contributed by atoms with van der Waals surface area (Å²) in [5.74, 6) is -6.40. The molecule has 1 aliphatic heterocycles. The molecule has 1 aromatic rings. The first kappa shape index (κ1) is 95.7. The van der Waals surface area contributed by atoms with E-state index in [2.05, 4.69) is 57.9 Å². The number of nitrogens with two attached hydrogens (primary N) is 1. The molecule has 0 radical (unpaired) electrons. The van der Waals surface area contributed by atoms with Gasteiger partial charge in [-0.15, -0.1) is 11.8 Å². The molecule has 8 amide bonds. The monoisotopic (exact) mass is 1540 g/mol. The Morgan fingerprint density at radius 3 is 1.74 bits per heavy atom. The highest BCUT2D eigenvalue weighted by atomic mass is 32.2. The summed E-state index contributed by atoms with van der Waals surface area (Å²) in [5, 5.41) is 23.4. The van der Waals surface area contributed by atoms with Crippen molar-refractivity contribution in [2.75, 3.05) is 96.7 Å². The van der Waals surface area contributed by atoms with Crippen LogP contribution in [0.1, 0.15) is 250 Å². The topological polar surface area (TPSA) is 411 Å². The zero-order chi connectivity index (χ0) is 77.8. The van der Waals surface area contributed by atoms with Gasteiger partial charge in [-0.25, -0.2) is 4.57 Å². The van der Waals surface area contributed by atoms with Crippen molar-refractivity contribution in [2.24, 2.45) is 5.73 Å². The molecule has 2 unspecified atom stereocenters. The average Bonchev–Trinajstić information content (AvgIpc) is 1.69. The number of nitrogens with one attached hydrogen (secondary N) is 6. The van der Waals surface area contributed by atoms with Gasteiger partial charge in [-0.2, -0.15) is 0 Å². The SMILES string of the molecule is CCCCCCCC/C=C\CCCCCCCC(=O)O[C@H](COC(=O)CCCCCCCCCCCCCCC)COP(=O)(O)OCCNC(=O)c1ccc(NC(=O)CNC(=O)COCCOCCOCCN2C(=O)CC(SCCC(=O)N[C@@H](CCCCN)C(=O)N[C@H](C)C(=O)N[C@H](C)C(=O)O)C2=O)cc1. The summed E-state index contributed by atoms with van der Waals surface area (Å²) in [6.45, 7) is 5.62. The standard InChI is InChI=1S/C75H127N8O21PS/c1-5-7-9-11-13-15-17-19-20-22-24-26-28-30-32-37-70(89)104-62(55-101-69(88)36-31-29-27-25-23-21-18-16-14-12-10-8-6-2)56-103-105(96,97)102-46-44-77-72(91)60-38-40-61(41-39-60)81-66(85)54-78-67(86)57-100-51-50-99-49-48-98-47-45-83-68(87)53-64(74(83)93)106-52-42-65(84)82-63(35-33-34-43-76)73(92)79-58(3)71(90)80-59(4)75(94)95/h19-20,38-41,58-59,62-64H,5-18,21-37,42-57,76H2,1-4H3,(H,77,91)(H,78,86)(H,79,92)(H,80,90)(H,81,85)(H,82,84)(H,94,95)(H,96,97)/b20-19-/t58-,59-,62-,63+,64?/m1/s1. The van der Waals surface area contributed by atoms with Crippen LogP contribution in [0.4, 0.5) is 5.69 Å². The molecule has 106 heavy (non-hydrogen) atoms. The second-order valence-corrected chi connectivity index (χ2v) is 29.3. The lowest BCUT2D eigenvalue weighted by molar-refractivity contribution is -0.161. The van der Waals surface area contributed by atoms with Crippen molar-refractivity contribution in [1.29, 1.82) is 0 Å². The molecule has 0 bridgehead atoms. The minimum atomic E-state index is -4.74. The molecule has 1 fully saturated rings. The number of aliphatic carboxylic acids is 1. The Labute approximate surface area is 632 Å². The van der Waals surface area contributed by atoms with Gasteiger partial charge in [0.2, 0.25) is 41.4 Å². The molecule has 604 valence electrons. The molecule has 2 rings (SSSR count). The number of hydrogen-bond acceptors (Lipinski definition) is 21. The smallest absolute Gasteiger partial charge is 0.472 e. The van der Waals surface area contributed by atoms with Gasteiger partial charge in [0, 0.05) is 49.2 Å². The van der Waals surface area contributed by atoms with Crippen molar-refractivity contribution in [3.63, 3.8) is 0 Å². The Kier molecular flexibility index (Phi) is 55.5. The summed E-state index contributed by atoms with van der Waals surface area (Å²) in [6.07, 6.45) is 34.4. The maximum Gasteiger partial charge on any atom is 0.472 e. The fourth-order valence-electron chi connectivity index (χ4n) is 10.9. The largest absolute Gasteiger partial charge is 0.480 e. The number of ether oxygens (including phenoxy) is 5. The van der Waals surface area contributed by atoms with Gasteiger partial charge in [0.1, 0.15) is 31.3 Å². The fraction of sp³-hybridized carbons (Fsp3) is 0.747. The molecule has 1 saturated heterocycles. The highest BCUT2D eigenvalue weighted by Crippen LogP contribution is 2.43. The van der Waals surface area contributed by atoms with E-state index < -0.39 is 110 Å². The highest BCUT2D eigenvalue weighted by molar-refractivity contribution is 8.00. The number of phosphoric ester groups is 1. The number of carboxylic acids is 1. The zero-order valence-electron chi connectivity index (χ0n) is 63.6. The number of carboxylic acid groups (broad SMARTS) is 1. The first-order valence-electron chi connectivity index (χ1n) is 38.7. The summed E-state index contributed by atoms with van der Waals surface area (Å²) >= 11 is 1.14. The van der Waals surface area contributed by atoms with Gasteiger partial charge in [-0.05, 0) is 102 Å². The van der Waals surface area contributed by atoms with Crippen molar-refractivity contribution in [3.8, 4) is 0 Å². The van der Waals surface area contributed by atoms with Crippen LogP contribution < -0.4 is 37.6 Å². The molecule has 0 aliphatic carbocycles. The molecule has 0 saturated carbocycles. The van der Waals surface area contributed by atoms with Gasteiger partial charge >= 0.3 is 25.7 Å². The molecule has 1 heterocycles. The van der Waals surface area contributed by atoms with E-state index in [1.807, 2.05) is 0 Å². The fourth-order valence-corrected chi connectivity index (χ4v) is 12.8. The van der Waals surface area contributed by atoms with E-state index >= 15 is 0 Å². The lowest BCUT2D eigenvalue weighted by Gasteiger charge is -2.22. The first-order valence-corrected chi connectivity index (χ1v) is 41.2. The Bertz CT molecular complexity index is 2770. The molecule has 31 heteroatoms. The summed E-state index contributed by atoms with van der Waals surface area (Å²) in [6, 6.07) is 2.54. The third kappa shape index (κ3) is 49.6. The Morgan fingerprint density at radius 1 is 0.604 bits per heavy atom. The van der Waals surface area contributed by atoms with Crippen molar-refractivity contribution < 1.29 is 100 Å². The third-order valence-electron chi connectivity index (χ3n) is 17.2. The quantitative estimate of drug-likeness (QED) is 0.00963. The number of nitrogens with zero attached hydrogens (tertiary/aromatic N) is 1. The summed E-state index contributed by atoms with van der Waals surface area (Å²) < 4.78 is 50.6. The number of allylic oxidation sites excluding steroid dienone is 2. The van der Waals surface area contributed by atoms with Crippen LogP contribution in [-0.2, 0) is 85.2 Å². The number of rotatable bonds is 68. The second-order valence-electron chi connectivity index (χ2n) is 26.6. The summed E-state index contributed by atoms with van der Waals surface area (Å²) in [4.78, 5) is 150. The van der Waals surface area contributed by atoms with E-state index in [4.69, 9.17) is 43.6 Å². The van der Waals surface area contributed by atoms with Crippen LogP contribution in [0.2, 0.25) is 0 Å². The van der Waals surface area contributed by atoms with Crippen LogP contribution >= 0.6 is 19.6 Å². The zero-order valence-corrected chi connectivity index (χ0v) is 65.3. The van der Waals surface area contributed by atoms with Gasteiger partial charge < -0.3 is 71.3 Å². The second kappa shape index (κ2) is 61.5. The lowest BCUT2D eigenvalue weighted by atomic mass is 10.0. The first-order chi connectivity index (χ1) is 51.1. The maximum atomic E-state index is 13.0. The predicted molar refractivity (Wildman–Crippen MR) is 405 cm³/mol. The maximum absolute atomic E-state index is 13.0. The van der Waals surface area contributed by atoms with Crippen molar-refractivity contribution in [2.45, 2.75) is 269 Å². The Hall–Kier alpha value is -6.37. The number of hydrogen-bond donors (Lipinski definition) is 9. The van der Waals surface area contributed by atoms with Crippen LogP contribution in [0, 0.1) is 0 Å². The van der Waals surface area contributed by atoms with Crippen molar-refractivity contribution in [1.82, 2.24) is 31.5 Å². The molecule has 6 atom stereocenters. The van der Waals surface area contributed by atoms with Gasteiger partial charge in [-0.1, -0.05) is 154 Å². The number of phosphoric acid groups is 1. The molecular weight excluding hydrogens is 1410 g/mol. The van der Waals surface area contributed by atoms with E-state index in [0.29, 0.717) is 37.9 Å². The van der Waals surface area contributed by atoms with E-state index in [0.717, 1.165) is 74.4 Å². The van der Waals surface area contributed by atoms with Crippen LogP contribution in [0.3, 0.4) is 0 Å². The van der Waals surface area contributed by atoms with E-state index in [1.54, 1.807) is 0 Å². The minimum Gasteiger partial charge on any atom is -0.480 e. The molecule has 1 aromatic carbocycles. The van der Waals surface area contributed by atoms with E-state index in [-0.39, 0.29) is 115 Å². The number of likely N-dealkylation sites (tertiary alicyclic amines) is 1. The average molecular weight is 1540 g/mol. The van der Waals surface area contributed by atoms with Crippen molar-refractivity contribution >= 4 is 90.4 Å². The molecule has 10 N–H and O–H groups in total. The summed E-state index contributed by atoms with van der Waals surface area (Å²) in [5.41, 5.74) is 6.11. The van der Waals surface area contributed by atoms with Gasteiger partial charge in [-0.3, -0.25) is 66.7 Å². The van der Waals surface area contributed by atoms with Crippen LogP contribution in [0.25, 0.3) is 0 Å². The summed E-state index contributed by atoms with van der Waals surface area (Å²) in [7, 11) is -4.74. The van der Waals surface area contributed by atoms with Crippen LogP contribution in [0.5, 0.6) is 0 Å². The number of carbonyl (C=O) groups excluding carboxylic acids is 10. The minimum absolute atomic E-state index is 0.00628. The molecule has 29 nitrogen and oxygen atoms in total. The predicted octanol–water partition coefficient (Wildman–Crippen LogP) is 9.59. The molecular formula is C75H127N8O21PS. The number of anilines is 1. The Balaban J connectivity index is 1.65. The number of esters is 2. The lowest BCUT2D eigenvalue weighted by Crippen LogP contribution is -2.54. The number of amides is 8. The van der Waals surface area contributed by atoms with Crippen molar-refractivity contribution in [3.05, 3.63) is 42.0 Å². The van der Waals surface area contributed by atoms with E-state index in [9.17, 15) is 62.2 Å². The number of imide groups is 1. The number of benzene rings is 1. The van der Waals surface area contributed by atoms with Gasteiger partial charge in [0.25, 0.3) is 5.91 Å². The van der Waals surface area contributed by atoms with Gasteiger partial charge in [0.15, 0.2) is 6.10 Å². The number of thioether (sulfide) groups is 1. The molecule has 0 spiro atoms. The molecule has 1 aliphatic rings. The van der Waals surface area contributed by atoms with E-state index in [1.165, 1.54) is 134 Å². The van der Waals surface area contributed by atoms with Gasteiger partial charge in [0.05, 0.1) is 64.6 Å².